The van der Waals surface area contributed by atoms with Crippen LogP contribution in [0.1, 0.15) is 63.1 Å². The summed E-state index contributed by atoms with van der Waals surface area (Å²) in [7, 11) is 0. The maximum Gasteiger partial charge on any atom is 0.298 e. The van der Waals surface area contributed by atoms with Crippen LogP contribution in [0.3, 0.4) is 0 Å². The predicted octanol–water partition coefficient (Wildman–Crippen LogP) is 4.61. The fourth-order valence-corrected chi connectivity index (χ4v) is 4.58. The van der Waals surface area contributed by atoms with Crippen LogP contribution in [0.2, 0.25) is 0 Å². The molecule has 3 aromatic rings. The molecule has 1 aliphatic rings. The number of carbonyl (C=O) groups excluding carboxylic acids is 1. The molecule has 0 saturated carbocycles. The number of anilines is 1. The van der Waals surface area contributed by atoms with Gasteiger partial charge in [0.15, 0.2) is 0 Å². The van der Waals surface area contributed by atoms with Crippen molar-refractivity contribution in [1.82, 2.24) is 20.2 Å². The van der Waals surface area contributed by atoms with Gasteiger partial charge in [0.1, 0.15) is 0 Å². The van der Waals surface area contributed by atoms with Gasteiger partial charge in [0, 0.05) is 54.9 Å². The lowest BCUT2D eigenvalue weighted by molar-refractivity contribution is 0.0906. The summed E-state index contributed by atoms with van der Waals surface area (Å²) in [5.41, 5.74) is 2.51. The van der Waals surface area contributed by atoms with E-state index in [-0.39, 0.29) is 23.2 Å². The zero-order valence-corrected chi connectivity index (χ0v) is 20.4. The molecule has 0 radical (unpaired) electrons. The fourth-order valence-electron chi connectivity index (χ4n) is 4.58. The number of para-hydroxylation sites is 1. The van der Waals surface area contributed by atoms with E-state index in [9.17, 15) is 4.79 Å². The van der Waals surface area contributed by atoms with Crippen molar-refractivity contribution >= 4 is 22.8 Å². The van der Waals surface area contributed by atoms with E-state index in [0.717, 1.165) is 57.4 Å². The lowest BCUT2D eigenvalue weighted by atomic mass is 10.0. The van der Waals surface area contributed by atoms with E-state index in [4.69, 9.17) is 4.42 Å². The van der Waals surface area contributed by atoms with Crippen LogP contribution in [0.15, 0.2) is 41.1 Å². The van der Waals surface area contributed by atoms with Gasteiger partial charge in [-0.25, -0.2) is 4.98 Å². The van der Waals surface area contributed by atoms with Crippen molar-refractivity contribution in [2.45, 2.75) is 65.0 Å². The second-order valence-corrected chi connectivity index (χ2v) is 10.0. The maximum absolute atomic E-state index is 13.0. The highest BCUT2D eigenvalue weighted by atomic mass is 16.4. The van der Waals surface area contributed by atoms with E-state index in [0.29, 0.717) is 6.01 Å². The summed E-state index contributed by atoms with van der Waals surface area (Å²) in [6.45, 7) is 12.5. The van der Waals surface area contributed by atoms with Gasteiger partial charge in [-0.15, -0.1) is 0 Å². The Morgan fingerprint density at radius 1 is 1.21 bits per heavy atom. The summed E-state index contributed by atoms with van der Waals surface area (Å²) in [4.78, 5) is 25.3. The number of hydrogen-bond donors (Lipinski definition) is 2. The number of nitrogens with zero attached hydrogens (tertiary/aromatic N) is 3. The third-order valence-electron chi connectivity index (χ3n) is 6.60. The molecule has 1 unspecified atom stereocenters. The Hall–Kier alpha value is -2.80. The van der Waals surface area contributed by atoms with Crippen LogP contribution in [0, 0.1) is 0 Å². The molecule has 2 N–H and O–H groups in total. The first-order chi connectivity index (χ1) is 15.8. The Morgan fingerprint density at radius 3 is 2.70 bits per heavy atom. The fraction of sp³-hybridized carbons (Fsp3) is 0.538. The minimum absolute atomic E-state index is 0.0422. The highest BCUT2D eigenvalue weighted by Crippen LogP contribution is 2.22. The van der Waals surface area contributed by atoms with E-state index < -0.39 is 0 Å². The number of piperazine rings is 1. The van der Waals surface area contributed by atoms with Gasteiger partial charge in [-0.05, 0) is 45.2 Å². The molecule has 7 heteroatoms. The van der Waals surface area contributed by atoms with Gasteiger partial charge in [0.05, 0.1) is 6.20 Å². The van der Waals surface area contributed by atoms with Gasteiger partial charge >= 0.3 is 0 Å². The van der Waals surface area contributed by atoms with Gasteiger partial charge < -0.3 is 19.6 Å². The monoisotopic (exact) mass is 451 g/mol. The maximum atomic E-state index is 13.0. The van der Waals surface area contributed by atoms with E-state index in [1.165, 1.54) is 10.9 Å². The average Bonchev–Trinajstić information content (AvgIpc) is 3.45. The third kappa shape index (κ3) is 5.58. The van der Waals surface area contributed by atoms with Crippen molar-refractivity contribution < 1.29 is 9.21 Å². The Labute approximate surface area is 196 Å². The second-order valence-electron chi connectivity index (χ2n) is 10.0. The van der Waals surface area contributed by atoms with Crippen molar-refractivity contribution in [3.8, 4) is 0 Å². The van der Waals surface area contributed by atoms with Crippen molar-refractivity contribution in [1.29, 1.82) is 0 Å². The quantitative estimate of drug-likeness (QED) is 0.523. The molecule has 178 valence electrons. The molecule has 7 nitrogen and oxygen atoms in total. The molecule has 2 aromatic heterocycles. The summed E-state index contributed by atoms with van der Waals surface area (Å²) in [5.74, 6) is 0.0895. The lowest BCUT2D eigenvalue weighted by Crippen LogP contribution is -2.53. The summed E-state index contributed by atoms with van der Waals surface area (Å²) in [6.07, 6.45) is 7.48. The zero-order chi connectivity index (χ0) is 23.4. The largest absolute Gasteiger partial charge is 0.418 e. The summed E-state index contributed by atoms with van der Waals surface area (Å²) < 4.78 is 5.89. The molecule has 4 rings (SSSR count). The van der Waals surface area contributed by atoms with Crippen LogP contribution in [-0.4, -0.2) is 58.5 Å². The van der Waals surface area contributed by atoms with Gasteiger partial charge in [-0.2, -0.15) is 0 Å². The average molecular weight is 452 g/mol. The molecule has 0 bridgehead atoms. The predicted molar refractivity (Wildman–Crippen MR) is 133 cm³/mol. The number of benzene rings is 1. The molecule has 1 saturated heterocycles. The van der Waals surface area contributed by atoms with Crippen molar-refractivity contribution in [3.63, 3.8) is 0 Å². The van der Waals surface area contributed by atoms with Crippen LogP contribution in [0.25, 0.3) is 10.9 Å². The number of amides is 1. The minimum Gasteiger partial charge on any atom is -0.418 e. The van der Waals surface area contributed by atoms with Crippen LogP contribution < -0.4 is 10.2 Å². The smallest absolute Gasteiger partial charge is 0.298 e. The molecular weight excluding hydrogens is 414 g/mol. The summed E-state index contributed by atoms with van der Waals surface area (Å²) >= 11 is 0. The minimum atomic E-state index is -0.192. The van der Waals surface area contributed by atoms with Gasteiger partial charge in [-0.1, -0.05) is 38.0 Å². The topological polar surface area (TPSA) is 77.4 Å². The second kappa shape index (κ2) is 10.00. The molecule has 1 aromatic carbocycles. The number of rotatable bonds is 8. The molecule has 1 aliphatic heterocycles. The lowest BCUT2D eigenvalue weighted by Gasteiger charge is -2.41. The molecular formula is C26H37N5O2. The van der Waals surface area contributed by atoms with Crippen LogP contribution in [-0.2, 0) is 6.42 Å². The normalized spacial score (nSPS) is 16.3. The Morgan fingerprint density at radius 2 is 1.97 bits per heavy atom. The first-order valence-corrected chi connectivity index (χ1v) is 12.2. The number of fused-ring (bicyclic) bond motifs is 1. The Bertz CT molecular complexity index is 1060. The number of aromatic amines is 1. The molecule has 33 heavy (non-hydrogen) atoms. The molecule has 0 aliphatic carbocycles. The Balaban J connectivity index is 1.40. The number of H-pyrrole nitrogens is 1. The number of hydrogen-bond acceptors (Lipinski definition) is 5. The SMILES string of the molecule is CCCCC(Cc1c[nH]c2ccccc12)NC(=O)c1cnc(N2CCN(C(C)(C)C)CC2)o1. The highest BCUT2D eigenvalue weighted by Gasteiger charge is 2.28. The van der Waals surface area contributed by atoms with E-state index in [1.54, 1.807) is 6.20 Å². The molecule has 1 fully saturated rings. The van der Waals surface area contributed by atoms with Gasteiger partial charge in [0.2, 0.25) is 5.76 Å². The number of unbranched alkanes of at least 4 members (excludes halogenated alkanes) is 1. The number of aromatic nitrogens is 2. The number of oxazole rings is 1. The first-order valence-electron chi connectivity index (χ1n) is 12.2. The Kier molecular flexibility index (Phi) is 7.08. The van der Waals surface area contributed by atoms with E-state index >= 15 is 0 Å². The van der Waals surface area contributed by atoms with E-state index in [2.05, 4.69) is 77.2 Å². The third-order valence-corrected chi connectivity index (χ3v) is 6.60. The standard InChI is InChI=1S/C26H37N5O2/c1-5-6-9-20(16-19-17-27-22-11-8-7-10-21(19)22)29-24(32)23-18-28-25(33-23)30-12-14-31(15-13-30)26(2,3)4/h7-8,10-11,17-18,20,27H,5-6,9,12-16H2,1-4H3,(H,29,32). The molecule has 0 spiro atoms. The highest BCUT2D eigenvalue weighted by molar-refractivity contribution is 5.91. The molecule has 1 atom stereocenters. The van der Waals surface area contributed by atoms with Gasteiger partial charge in [-0.3, -0.25) is 9.69 Å². The van der Waals surface area contributed by atoms with Crippen LogP contribution in [0.5, 0.6) is 0 Å². The number of carbonyl (C=O) groups is 1. The van der Waals surface area contributed by atoms with E-state index in [1.807, 2.05) is 6.07 Å². The zero-order valence-electron chi connectivity index (χ0n) is 20.4. The van der Waals surface area contributed by atoms with Crippen molar-refractivity contribution in [2.24, 2.45) is 0 Å². The molecule has 1 amide bonds. The van der Waals surface area contributed by atoms with Crippen LogP contribution >= 0.6 is 0 Å². The summed E-state index contributed by atoms with van der Waals surface area (Å²) in [6, 6.07) is 8.87. The summed E-state index contributed by atoms with van der Waals surface area (Å²) in [5, 5.41) is 4.41. The molecule has 3 heterocycles. The van der Waals surface area contributed by atoms with Crippen LogP contribution in [0.4, 0.5) is 6.01 Å². The first kappa shape index (κ1) is 23.4. The van der Waals surface area contributed by atoms with Crippen molar-refractivity contribution in [2.75, 3.05) is 31.1 Å². The van der Waals surface area contributed by atoms with Gasteiger partial charge in [0.25, 0.3) is 11.9 Å². The number of nitrogens with one attached hydrogen (secondary N) is 2. The van der Waals surface area contributed by atoms with Crippen molar-refractivity contribution in [3.05, 3.63) is 48.0 Å².